The van der Waals surface area contributed by atoms with E-state index in [0.717, 1.165) is 5.56 Å². The van der Waals surface area contributed by atoms with E-state index in [9.17, 15) is 4.79 Å². The van der Waals surface area contributed by atoms with Crippen LogP contribution in [0.25, 0.3) is 0 Å². The summed E-state index contributed by atoms with van der Waals surface area (Å²) in [6.07, 6.45) is 0.480. The van der Waals surface area contributed by atoms with Crippen molar-refractivity contribution < 1.29 is 9.90 Å². The molecule has 0 bridgehead atoms. The van der Waals surface area contributed by atoms with Gasteiger partial charge in [0.05, 0.1) is 6.04 Å². The van der Waals surface area contributed by atoms with Crippen LogP contribution in [0.5, 0.6) is 0 Å². The van der Waals surface area contributed by atoms with Crippen LogP contribution in [-0.4, -0.2) is 29.1 Å². The van der Waals surface area contributed by atoms with Crippen LogP contribution in [-0.2, 0) is 4.79 Å². The van der Waals surface area contributed by atoms with Crippen LogP contribution < -0.4 is 0 Å². The zero-order valence-corrected chi connectivity index (χ0v) is 9.47. The molecule has 1 aromatic carbocycles. The Morgan fingerprint density at radius 2 is 2.12 bits per heavy atom. The minimum Gasteiger partial charge on any atom is -0.396 e. The number of amides is 1. The largest absolute Gasteiger partial charge is 0.396 e. The van der Waals surface area contributed by atoms with Crippen LogP contribution in [0.3, 0.4) is 0 Å². The number of aliphatic hydroxyl groups excluding tert-OH is 1. The van der Waals surface area contributed by atoms with Gasteiger partial charge in [-0.25, -0.2) is 0 Å². The lowest BCUT2D eigenvalue weighted by atomic mass is 10.1. The minimum absolute atomic E-state index is 0.101. The summed E-state index contributed by atoms with van der Waals surface area (Å²) in [6.45, 7) is 2.81. The fraction of sp³-hybridized carbons (Fsp3) is 0.462. The minimum atomic E-state index is 0.101. The van der Waals surface area contributed by atoms with E-state index >= 15 is 0 Å². The van der Waals surface area contributed by atoms with E-state index < -0.39 is 0 Å². The van der Waals surface area contributed by atoms with Crippen molar-refractivity contribution in [2.45, 2.75) is 19.4 Å². The Morgan fingerprint density at radius 1 is 1.44 bits per heavy atom. The van der Waals surface area contributed by atoms with E-state index in [1.54, 1.807) is 0 Å². The zero-order chi connectivity index (χ0) is 11.5. The van der Waals surface area contributed by atoms with Gasteiger partial charge < -0.3 is 10.0 Å². The number of rotatable bonds is 3. The normalized spacial score (nSPS) is 22.5. The average Bonchev–Trinajstić information content (AvgIpc) is 2.71. The Balaban J connectivity index is 2.11. The summed E-state index contributed by atoms with van der Waals surface area (Å²) in [7, 11) is 0. The number of carbonyl (C=O) groups is 1. The maximum atomic E-state index is 11.8. The molecule has 2 rings (SSSR count). The first-order valence-corrected chi connectivity index (χ1v) is 5.67. The highest BCUT2D eigenvalue weighted by Gasteiger charge is 2.32. The van der Waals surface area contributed by atoms with Gasteiger partial charge in [0.1, 0.15) is 0 Å². The van der Waals surface area contributed by atoms with Gasteiger partial charge in [-0.2, -0.15) is 0 Å². The standard InChI is InChI=1S/C13H17NO2/c1-10(12-5-3-2-4-6-12)14-8-11(9-15)7-13(14)16/h2-6,10-11,15H,7-9H2,1H3/t10-,11+/m1/s1. The van der Waals surface area contributed by atoms with E-state index in [-0.39, 0.29) is 24.5 Å². The fourth-order valence-electron chi connectivity index (χ4n) is 2.22. The lowest BCUT2D eigenvalue weighted by Crippen LogP contribution is -2.28. The summed E-state index contributed by atoms with van der Waals surface area (Å²) in [6, 6.07) is 10.1. The predicted molar refractivity (Wildman–Crippen MR) is 61.8 cm³/mol. The molecule has 1 aliphatic heterocycles. The molecule has 16 heavy (non-hydrogen) atoms. The van der Waals surface area contributed by atoms with Crippen molar-refractivity contribution in [2.75, 3.05) is 13.2 Å². The van der Waals surface area contributed by atoms with E-state index in [4.69, 9.17) is 5.11 Å². The van der Waals surface area contributed by atoms with Crippen LogP contribution in [0.4, 0.5) is 0 Å². The zero-order valence-electron chi connectivity index (χ0n) is 9.47. The van der Waals surface area contributed by atoms with Gasteiger partial charge in [-0.15, -0.1) is 0 Å². The predicted octanol–water partition coefficient (Wildman–Crippen LogP) is 1.59. The van der Waals surface area contributed by atoms with Crippen molar-refractivity contribution >= 4 is 5.91 Å². The smallest absolute Gasteiger partial charge is 0.223 e. The van der Waals surface area contributed by atoms with E-state index in [1.165, 1.54) is 0 Å². The second-order valence-corrected chi connectivity index (χ2v) is 4.39. The van der Waals surface area contributed by atoms with Crippen LogP contribution in [0.15, 0.2) is 30.3 Å². The fourth-order valence-corrected chi connectivity index (χ4v) is 2.22. The van der Waals surface area contributed by atoms with E-state index in [1.807, 2.05) is 42.2 Å². The summed E-state index contributed by atoms with van der Waals surface area (Å²) in [5.74, 6) is 0.258. The second-order valence-electron chi connectivity index (χ2n) is 4.39. The molecule has 3 nitrogen and oxygen atoms in total. The number of hydrogen-bond acceptors (Lipinski definition) is 2. The molecule has 1 aromatic rings. The van der Waals surface area contributed by atoms with Gasteiger partial charge in [0.2, 0.25) is 5.91 Å². The third-order valence-corrected chi connectivity index (χ3v) is 3.25. The first-order valence-electron chi connectivity index (χ1n) is 5.67. The summed E-state index contributed by atoms with van der Waals surface area (Å²) < 4.78 is 0. The van der Waals surface area contributed by atoms with Crippen molar-refractivity contribution in [3.63, 3.8) is 0 Å². The van der Waals surface area contributed by atoms with Gasteiger partial charge in [-0.1, -0.05) is 30.3 Å². The van der Waals surface area contributed by atoms with Crippen LogP contribution in [0, 0.1) is 5.92 Å². The van der Waals surface area contributed by atoms with Gasteiger partial charge >= 0.3 is 0 Å². The molecule has 0 spiro atoms. The van der Waals surface area contributed by atoms with Gasteiger partial charge in [0, 0.05) is 25.5 Å². The van der Waals surface area contributed by atoms with Crippen LogP contribution in [0.1, 0.15) is 24.9 Å². The van der Waals surface area contributed by atoms with E-state index in [2.05, 4.69) is 0 Å². The molecule has 1 fully saturated rings. The SMILES string of the molecule is C[C@H](c1ccccc1)N1C[C@@H](CO)CC1=O. The monoisotopic (exact) mass is 219 g/mol. The second kappa shape index (κ2) is 4.66. The van der Waals surface area contributed by atoms with Crippen LogP contribution >= 0.6 is 0 Å². The number of likely N-dealkylation sites (tertiary alicyclic amines) is 1. The Hall–Kier alpha value is -1.35. The molecule has 2 atom stereocenters. The highest BCUT2D eigenvalue weighted by molar-refractivity contribution is 5.79. The topological polar surface area (TPSA) is 40.5 Å². The Bertz CT molecular complexity index is 363. The van der Waals surface area contributed by atoms with Crippen molar-refractivity contribution in [1.82, 2.24) is 4.90 Å². The summed E-state index contributed by atoms with van der Waals surface area (Å²) in [5, 5.41) is 9.08. The van der Waals surface area contributed by atoms with Crippen molar-refractivity contribution in [2.24, 2.45) is 5.92 Å². The molecule has 0 unspecified atom stereocenters. The Kier molecular flexibility index (Phi) is 3.25. The molecular weight excluding hydrogens is 202 g/mol. The molecule has 3 heteroatoms. The number of aliphatic hydroxyl groups is 1. The Labute approximate surface area is 95.7 Å². The molecule has 0 aliphatic carbocycles. The van der Waals surface area contributed by atoms with Crippen molar-refractivity contribution in [1.29, 1.82) is 0 Å². The molecule has 1 amide bonds. The number of carbonyl (C=O) groups excluding carboxylic acids is 1. The third-order valence-electron chi connectivity index (χ3n) is 3.25. The van der Waals surface area contributed by atoms with Gasteiger partial charge in [0.25, 0.3) is 0 Å². The number of hydrogen-bond donors (Lipinski definition) is 1. The molecule has 1 saturated heterocycles. The lowest BCUT2D eigenvalue weighted by Gasteiger charge is -2.25. The maximum absolute atomic E-state index is 11.8. The lowest BCUT2D eigenvalue weighted by molar-refractivity contribution is -0.129. The molecule has 0 radical (unpaired) electrons. The third kappa shape index (κ3) is 2.09. The maximum Gasteiger partial charge on any atom is 0.223 e. The molecule has 1 aliphatic rings. The summed E-state index contributed by atoms with van der Waals surface area (Å²) >= 11 is 0. The highest BCUT2D eigenvalue weighted by Crippen LogP contribution is 2.27. The highest BCUT2D eigenvalue weighted by atomic mass is 16.3. The summed E-state index contributed by atoms with van der Waals surface area (Å²) in [4.78, 5) is 13.6. The number of benzene rings is 1. The quantitative estimate of drug-likeness (QED) is 0.838. The summed E-state index contributed by atoms with van der Waals surface area (Å²) in [5.41, 5.74) is 1.15. The van der Waals surface area contributed by atoms with Gasteiger partial charge in [-0.05, 0) is 12.5 Å². The van der Waals surface area contributed by atoms with E-state index in [0.29, 0.717) is 13.0 Å². The molecule has 1 heterocycles. The van der Waals surface area contributed by atoms with Gasteiger partial charge in [0.15, 0.2) is 0 Å². The van der Waals surface area contributed by atoms with Crippen molar-refractivity contribution in [3.8, 4) is 0 Å². The van der Waals surface area contributed by atoms with Crippen molar-refractivity contribution in [3.05, 3.63) is 35.9 Å². The average molecular weight is 219 g/mol. The molecule has 1 N–H and O–H groups in total. The molecular formula is C13H17NO2. The van der Waals surface area contributed by atoms with Gasteiger partial charge in [-0.3, -0.25) is 4.79 Å². The molecule has 0 saturated carbocycles. The number of nitrogens with zero attached hydrogens (tertiary/aromatic N) is 1. The first kappa shape index (κ1) is 11.1. The molecule has 0 aromatic heterocycles. The Morgan fingerprint density at radius 3 is 2.69 bits per heavy atom. The van der Waals surface area contributed by atoms with Crippen LogP contribution in [0.2, 0.25) is 0 Å². The molecule has 86 valence electrons. The first-order chi connectivity index (χ1) is 7.72.